The molecule has 6 heteroatoms. The van der Waals surface area contributed by atoms with Crippen molar-refractivity contribution >= 4 is 31.7 Å². The number of amides is 1. The summed E-state index contributed by atoms with van der Waals surface area (Å²) in [6.45, 7) is 1.86. The van der Waals surface area contributed by atoms with E-state index < -0.39 is 9.84 Å². The Morgan fingerprint density at radius 1 is 1.39 bits per heavy atom. The van der Waals surface area contributed by atoms with Gasteiger partial charge in [0.15, 0.2) is 0 Å². The first-order valence-corrected chi connectivity index (χ1v) is 8.36. The monoisotopic (exact) mass is 333 g/mol. The van der Waals surface area contributed by atoms with Gasteiger partial charge in [0.1, 0.15) is 9.84 Å². The van der Waals surface area contributed by atoms with Crippen LogP contribution in [0.4, 0.5) is 0 Å². The number of halogens is 1. The lowest BCUT2D eigenvalue weighted by atomic mass is 10.1. The van der Waals surface area contributed by atoms with Gasteiger partial charge in [-0.3, -0.25) is 4.79 Å². The average molecular weight is 334 g/mol. The van der Waals surface area contributed by atoms with E-state index in [0.29, 0.717) is 0 Å². The van der Waals surface area contributed by atoms with E-state index in [2.05, 4.69) is 21.2 Å². The average Bonchev–Trinajstić information content (AvgIpc) is 2.26. The molecule has 1 rings (SSSR count). The molecule has 18 heavy (non-hydrogen) atoms. The van der Waals surface area contributed by atoms with E-state index in [1.54, 1.807) is 0 Å². The number of sulfone groups is 1. The van der Waals surface area contributed by atoms with Crippen molar-refractivity contribution in [3.8, 4) is 0 Å². The SMILES string of the molecule is CC(NC(=O)CCS(C)(=O)=O)c1ccccc1Br. The summed E-state index contributed by atoms with van der Waals surface area (Å²) in [5.74, 6) is -0.384. The van der Waals surface area contributed by atoms with Gasteiger partial charge in [-0.05, 0) is 18.6 Å². The van der Waals surface area contributed by atoms with Crippen LogP contribution in [-0.2, 0) is 14.6 Å². The van der Waals surface area contributed by atoms with Crippen LogP contribution in [0.1, 0.15) is 24.9 Å². The second-order valence-corrected chi connectivity index (χ2v) is 7.30. The zero-order valence-electron chi connectivity index (χ0n) is 10.3. The van der Waals surface area contributed by atoms with Gasteiger partial charge in [0.25, 0.3) is 0 Å². The minimum Gasteiger partial charge on any atom is -0.350 e. The van der Waals surface area contributed by atoms with E-state index in [0.717, 1.165) is 16.3 Å². The van der Waals surface area contributed by atoms with Crippen LogP contribution in [0.5, 0.6) is 0 Å². The van der Waals surface area contributed by atoms with Crippen molar-refractivity contribution in [2.45, 2.75) is 19.4 Å². The molecule has 0 spiro atoms. The molecule has 0 saturated heterocycles. The molecule has 0 saturated carbocycles. The van der Waals surface area contributed by atoms with Gasteiger partial charge in [-0.25, -0.2) is 8.42 Å². The lowest BCUT2D eigenvalue weighted by Crippen LogP contribution is -2.28. The largest absolute Gasteiger partial charge is 0.350 e. The third-order valence-electron chi connectivity index (χ3n) is 2.45. The molecule has 100 valence electrons. The van der Waals surface area contributed by atoms with E-state index >= 15 is 0 Å². The molecule has 0 aliphatic carbocycles. The van der Waals surface area contributed by atoms with Crippen molar-refractivity contribution in [3.05, 3.63) is 34.3 Å². The molecule has 1 N–H and O–H groups in total. The van der Waals surface area contributed by atoms with E-state index in [4.69, 9.17) is 0 Å². The number of hydrogen-bond donors (Lipinski definition) is 1. The second-order valence-electron chi connectivity index (χ2n) is 4.19. The van der Waals surface area contributed by atoms with Crippen molar-refractivity contribution in [1.82, 2.24) is 5.32 Å². The Morgan fingerprint density at radius 3 is 2.56 bits per heavy atom. The van der Waals surface area contributed by atoms with Gasteiger partial charge in [0.05, 0.1) is 11.8 Å². The first-order valence-electron chi connectivity index (χ1n) is 5.51. The summed E-state index contributed by atoms with van der Waals surface area (Å²) in [6.07, 6.45) is 1.12. The number of nitrogens with one attached hydrogen (secondary N) is 1. The highest BCUT2D eigenvalue weighted by atomic mass is 79.9. The molecule has 0 bridgehead atoms. The predicted molar refractivity (Wildman–Crippen MR) is 75.0 cm³/mol. The summed E-state index contributed by atoms with van der Waals surface area (Å²) in [5.41, 5.74) is 0.963. The Kier molecular flexibility index (Phi) is 5.34. The van der Waals surface area contributed by atoms with Crippen LogP contribution in [0.3, 0.4) is 0 Å². The predicted octanol–water partition coefficient (Wildman–Crippen LogP) is 2.06. The van der Waals surface area contributed by atoms with E-state index in [-0.39, 0.29) is 24.1 Å². The lowest BCUT2D eigenvalue weighted by molar-refractivity contribution is -0.121. The normalized spacial score (nSPS) is 13.1. The molecule has 1 atom stereocenters. The van der Waals surface area contributed by atoms with Crippen LogP contribution in [0, 0.1) is 0 Å². The molecule has 1 aromatic carbocycles. The highest BCUT2D eigenvalue weighted by Gasteiger charge is 2.13. The first-order chi connectivity index (χ1) is 8.29. The molecular formula is C12H16BrNO3S. The number of rotatable bonds is 5. The molecule has 0 aliphatic heterocycles. The summed E-state index contributed by atoms with van der Waals surface area (Å²) < 4.78 is 22.8. The molecule has 0 fully saturated rings. The van der Waals surface area contributed by atoms with Gasteiger partial charge in [-0.1, -0.05) is 34.1 Å². The zero-order valence-corrected chi connectivity index (χ0v) is 12.7. The molecule has 1 aromatic rings. The van der Waals surface area contributed by atoms with E-state index in [1.807, 2.05) is 31.2 Å². The number of hydrogen-bond acceptors (Lipinski definition) is 3. The summed E-state index contributed by atoms with van der Waals surface area (Å²) in [6, 6.07) is 7.43. The van der Waals surface area contributed by atoms with Crippen LogP contribution in [0.25, 0.3) is 0 Å². The Morgan fingerprint density at radius 2 is 2.00 bits per heavy atom. The van der Waals surface area contributed by atoms with Gasteiger partial charge in [-0.2, -0.15) is 0 Å². The fourth-order valence-electron chi connectivity index (χ4n) is 1.50. The van der Waals surface area contributed by atoms with Crippen molar-refractivity contribution in [2.24, 2.45) is 0 Å². The van der Waals surface area contributed by atoms with Gasteiger partial charge in [0, 0.05) is 17.1 Å². The van der Waals surface area contributed by atoms with Crippen molar-refractivity contribution < 1.29 is 13.2 Å². The van der Waals surface area contributed by atoms with Gasteiger partial charge < -0.3 is 5.32 Å². The fourth-order valence-corrected chi connectivity index (χ4v) is 2.68. The molecule has 1 unspecified atom stereocenters. The van der Waals surface area contributed by atoms with Gasteiger partial charge in [-0.15, -0.1) is 0 Å². The Bertz CT molecular complexity index is 528. The highest BCUT2D eigenvalue weighted by molar-refractivity contribution is 9.10. The standard InChI is InChI=1S/C12H16BrNO3S/c1-9(10-5-3-4-6-11(10)13)14-12(15)7-8-18(2,16)17/h3-6,9H,7-8H2,1-2H3,(H,14,15). The smallest absolute Gasteiger partial charge is 0.221 e. The van der Waals surface area contributed by atoms with Crippen LogP contribution >= 0.6 is 15.9 Å². The topological polar surface area (TPSA) is 63.2 Å². The Balaban J connectivity index is 2.58. The first kappa shape index (κ1) is 15.2. The van der Waals surface area contributed by atoms with E-state index in [1.165, 1.54) is 0 Å². The third kappa shape index (κ3) is 5.18. The zero-order chi connectivity index (χ0) is 13.8. The van der Waals surface area contributed by atoms with Crippen molar-refractivity contribution in [1.29, 1.82) is 0 Å². The lowest BCUT2D eigenvalue weighted by Gasteiger charge is -2.15. The molecule has 0 radical (unpaired) electrons. The van der Waals surface area contributed by atoms with Crippen LogP contribution in [0.2, 0.25) is 0 Å². The third-order valence-corrected chi connectivity index (χ3v) is 4.12. The summed E-state index contributed by atoms with van der Waals surface area (Å²) in [7, 11) is -3.10. The molecule has 0 heterocycles. The minimum absolute atomic E-state index is 0.00632. The maximum atomic E-state index is 11.6. The van der Waals surface area contributed by atoms with Crippen LogP contribution in [-0.4, -0.2) is 26.3 Å². The van der Waals surface area contributed by atoms with Crippen molar-refractivity contribution in [2.75, 3.05) is 12.0 Å². The maximum Gasteiger partial charge on any atom is 0.221 e. The van der Waals surface area contributed by atoms with Crippen LogP contribution in [0.15, 0.2) is 28.7 Å². The molecule has 0 aromatic heterocycles. The summed E-state index contributed by atoms with van der Waals surface area (Å²) in [5, 5.41) is 2.78. The summed E-state index contributed by atoms with van der Waals surface area (Å²) >= 11 is 3.41. The Hall–Kier alpha value is -0.880. The molecule has 0 aliphatic rings. The second kappa shape index (κ2) is 6.33. The molecular weight excluding hydrogens is 318 g/mol. The maximum absolute atomic E-state index is 11.6. The minimum atomic E-state index is -3.10. The van der Waals surface area contributed by atoms with Gasteiger partial charge >= 0.3 is 0 Å². The summed E-state index contributed by atoms with van der Waals surface area (Å²) in [4.78, 5) is 11.6. The van der Waals surface area contributed by atoms with Gasteiger partial charge in [0.2, 0.25) is 5.91 Å². The van der Waals surface area contributed by atoms with E-state index in [9.17, 15) is 13.2 Å². The highest BCUT2D eigenvalue weighted by Crippen LogP contribution is 2.22. The quantitative estimate of drug-likeness (QED) is 0.897. The molecule has 1 amide bonds. The number of benzene rings is 1. The number of carbonyl (C=O) groups excluding carboxylic acids is 1. The number of carbonyl (C=O) groups is 1. The molecule has 4 nitrogen and oxygen atoms in total. The Labute approximate surface area is 116 Å². The van der Waals surface area contributed by atoms with Crippen LogP contribution < -0.4 is 5.32 Å². The van der Waals surface area contributed by atoms with Crippen molar-refractivity contribution in [3.63, 3.8) is 0 Å². The fraction of sp³-hybridized carbons (Fsp3) is 0.417.